The van der Waals surface area contributed by atoms with Crippen LogP contribution in [-0.4, -0.2) is 39.7 Å². The number of halogens is 2. The summed E-state index contributed by atoms with van der Waals surface area (Å²) in [5.74, 6) is 0.164. The Hall–Kier alpha value is -3.03. The molecule has 198 valence electrons. The summed E-state index contributed by atoms with van der Waals surface area (Å²) in [5.41, 5.74) is 3.00. The molecule has 0 aliphatic heterocycles. The molecule has 3 rings (SSSR count). The van der Waals surface area contributed by atoms with Crippen molar-refractivity contribution >= 4 is 46.6 Å². The molecule has 1 aromatic heterocycles. The van der Waals surface area contributed by atoms with Gasteiger partial charge in [0.2, 0.25) is 5.91 Å². The normalized spacial score (nSPS) is 11.3. The second-order valence-corrected chi connectivity index (χ2v) is 10.8. The standard InChI is InChI=1S/C28H35Cl2N5O2/c1-6-8-15-34(27(37)31-23-12-10-9-11-19(23)7-2)18-26(36)32-25-17-24(28(3,4)5)33-35(25)20-13-14-21(29)22(30)16-20/h9-14,16-17H,6-8,15,18H2,1-5H3,(H,31,37)(H,32,36). The van der Waals surface area contributed by atoms with Gasteiger partial charge in [0.05, 0.1) is 21.4 Å². The minimum atomic E-state index is -0.323. The average Bonchev–Trinajstić information content (AvgIpc) is 3.28. The van der Waals surface area contributed by atoms with E-state index in [1.54, 1.807) is 22.9 Å². The van der Waals surface area contributed by atoms with Crippen molar-refractivity contribution in [3.8, 4) is 5.69 Å². The van der Waals surface area contributed by atoms with E-state index in [-0.39, 0.29) is 23.9 Å². The van der Waals surface area contributed by atoms with Gasteiger partial charge in [-0.25, -0.2) is 9.48 Å². The first-order valence-corrected chi connectivity index (χ1v) is 13.3. The summed E-state index contributed by atoms with van der Waals surface area (Å²) >= 11 is 12.3. The third kappa shape index (κ3) is 7.49. The minimum Gasteiger partial charge on any atom is -0.315 e. The summed E-state index contributed by atoms with van der Waals surface area (Å²) in [4.78, 5) is 27.9. The fourth-order valence-corrected chi connectivity index (χ4v) is 4.04. The van der Waals surface area contributed by atoms with Gasteiger partial charge >= 0.3 is 6.03 Å². The molecule has 3 aromatic rings. The fraction of sp³-hybridized carbons (Fsp3) is 0.393. The van der Waals surface area contributed by atoms with Gasteiger partial charge < -0.3 is 15.5 Å². The molecule has 9 heteroatoms. The van der Waals surface area contributed by atoms with Crippen molar-refractivity contribution in [1.29, 1.82) is 0 Å². The van der Waals surface area contributed by atoms with Crippen LogP contribution < -0.4 is 10.6 Å². The second-order valence-electron chi connectivity index (χ2n) is 9.94. The zero-order valence-electron chi connectivity index (χ0n) is 22.1. The Morgan fingerprint density at radius 2 is 1.73 bits per heavy atom. The van der Waals surface area contributed by atoms with Gasteiger partial charge in [-0.15, -0.1) is 0 Å². The lowest BCUT2D eigenvalue weighted by molar-refractivity contribution is -0.116. The van der Waals surface area contributed by atoms with Gasteiger partial charge in [0.15, 0.2) is 0 Å². The number of hydrogen-bond donors (Lipinski definition) is 2. The van der Waals surface area contributed by atoms with E-state index in [9.17, 15) is 9.59 Å². The number of amides is 3. The molecular formula is C28H35Cl2N5O2. The number of carbonyl (C=O) groups is 2. The molecule has 0 atom stereocenters. The zero-order valence-corrected chi connectivity index (χ0v) is 23.6. The van der Waals surface area contributed by atoms with Gasteiger partial charge in [-0.3, -0.25) is 4.79 Å². The van der Waals surface area contributed by atoms with Crippen LogP contribution in [0.5, 0.6) is 0 Å². The zero-order chi connectivity index (χ0) is 27.2. The van der Waals surface area contributed by atoms with Gasteiger partial charge in [-0.1, -0.05) is 82.4 Å². The quantitative estimate of drug-likeness (QED) is 0.296. The lowest BCUT2D eigenvalue weighted by Gasteiger charge is -2.23. The van der Waals surface area contributed by atoms with Crippen molar-refractivity contribution in [2.24, 2.45) is 0 Å². The van der Waals surface area contributed by atoms with Crippen LogP contribution in [0, 0.1) is 0 Å². The number of para-hydroxylation sites is 1. The number of nitrogens with one attached hydrogen (secondary N) is 2. The Balaban J connectivity index is 1.84. The van der Waals surface area contributed by atoms with Crippen molar-refractivity contribution in [1.82, 2.24) is 14.7 Å². The lowest BCUT2D eigenvalue weighted by atomic mass is 9.92. The highest BCUT2D eigenvalue weighted by Crippen LogP contribution is 2.29. The Morgan fingerprint density at radius 3 is 2.38 bits per heavy atom. The number of benzene rings is 2. The topological polar surface area (TPSA) is 79.3 Å². The molecule has 0 saturated heterocycles. The van der Waals surface area contributed by atoms with Gasteiger partial charge in [0.1, 0.15) is 12.4 Å². The van der Waals surface area contributed by atoms with Crippen LogP contribution >= 0.6 is 23.2 Å². The highest BCUT2D eigenvalue weighted by molar-refractivity contribution is 6.42. The van der Waals surface area contributed by atoms with Crippen LogP contribution in [0.2, 0.25) is 10.0 Å². The minimum absolute atomic E-state index is 0.0997. The van der Waals surface area contributed by atoms with Gasteiger partial charge in [-0.2, -0.15) is 5.10 Å². The van der Waals surface area contributed by atoms with E-state index >= 15 is 0 Å². The molecule has 0 aliphatic carbocycles. The molecule has 0 fully saturated rings. The van der Waals surface area contributed by atoms with Crippen molar-refractivity contribution in [3.63, 3.8) is 0 Å². The van der Waals surface area contributed by atoms with E-state index in [2.05, 4.69) is 10.6 Å². The molecule has 0 bridgehead atoms. The third-order valence-electron chi connectivity index (χ3n) is 5.94. The maximum absolute atomic E-state index is 13.2. The monoisotopic (exact) mass is 543 g/mol. The summed E-state index contributed by atoms with van der Waals surface area (Å²) in [7, 11) is 0. The maximum Gasteiger partial charge on any atom is 0.322 e. The summed E-state index contributed by atoms with van der Waals surface area (Å²) in [6, 6.07) is 14.4. The number of anilines is 2. The highest BCUT2D eigenvalue weighted by atomic mass is 35.5. The Bertz CT molecular complexity index is 1250. The molecule has 7 nitrogen and oxygen atoms in total. The average molecular weight is 545 g/mol. The van der Waals surface area contributed by atoms with E-state index < -0.39 is 0 Å². The molecule has 2 aromatic carbocycles. The largest absolute Gasteiger partial charge is 0.322 e. The molecule has 0 saturated carbocycles. The first-order chi connectivity index (χ1) is 17.5. The predicted octanol–water partition coefficient (Wildman–Crippen LogP) is 7.31. The number of aromatic nitrogens is 2. The van der Waals surface area contributed by atoms with E-state index in [4.69, 9.17) is 28.3 Å². The molecule has 0 spiro atoms. The smallest absolute Gasteiger partial charge is 0.315 e. The number of aryl methyl sites for hydroxylation is 1. The number of hydrogen-bond acceptors (Lipinski definition) is 3. The molecular weight excluding hydrogens is 509 g/mol. The van der Waals surface area contributed by atoms with E-state index in [1.165, 1.54) is 4.90 Å². The van der Waals surface area contributed by atoms with Crippen molar-refractivity contribution < 1.29 is 9.59 Å². The molecule has 1 heterocycles. The van der Waals surface area contributed by atoms with Crippen LogP contribution in [0.1, 0.15) is 58.7 Å². The van der Waals surface area contributed by atoms with Crippen molar-refractivity contribution in [2.45, 2.75) is 59.3 Å². The molecule has 2 N–H and O–H groups in total. The lowest BCUT2D eigenvalue weighted by Crippen LogP contribution is -2.41. The first kappa shape index (κ1) is 28.5. The van der Waals surface area contributed by atoms with Crippen LogP contribution in [0.15, 0.2) is 48.5 Å². The van der Waals surface area contributed by atoms with Gasteiger partial charge in [0.25, 0.3) is 0 Å². The summed E-state index contributed by atoms with van der Waals surface area (Å²) in [6.45, 7) is 10.6. The van der Waals surface area contributed by atoms with Crippen LogP contribution in [0.4, 0.5) is 16.3 Å². The Morgan fingerprint density at radius 1 is 1.00 bits per heavy atom. The number of rotatable bonds is 9. The van der Waals surface area contributed by atoms with Crippen molar-refractivity contribution in [3.05, 3.63) is 69.8 Å². The molecule has 37 heavy (non-hydrogen) atoms. The summed E-state index contributed by atoms with van der Waals surface area (Å²) < 4.78 is 1.63. The van der Waals surface area contributed by atoms with Crippen LogP contribution in [0.25, 0.3) is 5.69 Å². The number of urea groups is 1. The SMILES string of the molecule is CCCCN(CC(=O)Nc1cc(C(C)(C)C)nn1-c1ccc(Cl)c(Cl)c1)C(=O)Nc1ccccc1CC. The van der Waals surface area contributed by atoms with E-state index in [1.807, 2.05) is 65.0 Å². The summed E-state index contributed by atoms with van der Waals surface area (Å²) in [5, 5.41) is 11.5. The fourth-order valence-electron chi connectivity index (χ4n) is 3.75. The first-order valence-electron chi connectivity index (χ1n) is 12.5. The number of nitrogens with zero attached hydrogens (tertiary/aromatic N) is 3. The van der Waals surface area contributed by atoms with Crippen molar-refractivity contribution in [2.75, 3.05) is 23.7 Å². The summed E-state index contributed by atoms with van der Waals surface area (Å²) in [6.07, 6.45) is 2.47. The van der Waals surface area contributed by atoms with E-state index in [0.717, 1.165) is 36.2 Å². The predicted molar refractivity (Wildman–Crippen MR) is 152 cm³/mol. The van der Waals surface area contributed by atoms with Crippen LogP contribution in [-0.2, 0) is 16.6 Å². The van der Waals surface area contributed by atoms with E-state index in [0.29, 0.717) is 28.1 Å². The van der Waals surface area contributed by atoms with Gasteiger partial charge in [-0.05, 0) is 42.7 Å². The third-order valence-corrected chi connectivity index (χ3v) is 6.68. The number of carbonyl (C=O) groups excluding carboxylic acids is 2. The Kier molecular flexibility index (Phi) is 9.62. The number of unbranched alkanes of at least 4 members (excludes halogenated alkanes) is 1. The molecule has 3 amide bonds. The Labute approximate surface area is 229 Å². The molecule has 0 unspecified atom stereocenters. The second kappa shape index (κ2) is 12.5. The maximum atomic E-state index is 13.2. The highest BCUT2D eigenvalue weighted by Gasteiger charge is 2.23. The van der Waals surface area contributed by atoms with Crippen LogP contribution in [0.3, 0.4) is 0 Å². The molecule has 0 radical (unpaired) electrons. The van der Waals surface area contributed by atoms with Gasteiger partial charge in [0, 0.05) is 23.7 Å². The molecule has 0 aliphatic rings.